The summed E-state index contributed by atoms with van der Waals surface area (Å²) in [6.07, 6.45) is 0. The minimum absolute atomic E-state index is 0.0647. The Labute approximate surface area is 131 Å². The highest BCUT2D eigenvalue weighted by atomic mass is 35.5. The molecule has 0 bridgehead atoms. The first-order valence-corrected chi connectivity index (χ1v) is 8.50. The molecule has 0 saturated heterocycles. The standard InChI is InChI=1S/C12H12ClN3O3S2/c1-6-5-8(3-4-9(6)13)10(17)16-12-15-7(2)11(20-12)21(14,18)19/h3-5H,1-2H3,(H2,14,18,19)(H,15,16,17). The number of nitrogens with one attached hydrogen (secondary N) is 1. The molecule has 2 aromatic rings. The van der Waals surface area contributed by atoms with E-state index >= 15 is 0 Å². The summed E-state index contributed by atoms with van der Waals surface area (Å²) in [4.78, 5) is 16.1. The molecule has 1 aromatic heterocycles. The van der Waals surface area contributed by atoms with Crippen LogP contribution in [0.1, 0.15) is 21.6 Å². The molecule has 3 N–H and O–H groups in total. The van der Waals surface area contributed by atoms with Crippen LogP contribution in [0.5, 0.6) is 0 Å². The third-order valence-electron chi connectivity index (χ3n) is 2.65. The Bertz CT molecular complexity index is 815. The minimum atomic E-state index is -3.84. The van der Waals surface area contributed by atoms with Crippen molar-refractivity contribution in [2.24, 2.45) is 5.14 Å². The number of amides is 1. The molecule has 2 rings (SSSR count). The Morgan fingerprint density at radius 2 is 2.05 bits per heavy atom. The maximum absolute atomic E-state index is 12.1. The van der Waals surface area contributed by atoms with Crippen molar-refractivity contribution < 1.29 is 13.2 Å². The average Bonchev–Trinajstić information content (AvgIpc) is 2.73. The number of hydrogen-bond acceptors (Lipinski definition) is 5. The fraction of sp³-hybridized carbons (Fsp3) is 0.167. The quantitative estimate of drug-likeness (QED) is 0.890. The highest BCUT2D eigenvalue weighted by Gasteiger charge is 2.19. The number of aryl methyl sites for hydroxylation is 2. The van der Waals surface area contributed by atoms with Crippen LogP contribution in [0.2, 0.25) is 5.02 Å². The summed E-state index contributed by atoms with van der Waals surface area (Å²) in [5.41, 5.74) is 1.43. The predicted octanol–water partition coefficient (Wildman–Crippen LogP) is 2.31. The van der Waals surface area contributed by atoms with Gasteiger partial charge in [0.2, 0.25) is 10.0 Å². The lowest BCUT2D eigenvalue weighted by Crippen LogP contribution is -2.12. The first kappa shape index (κ1) is 15.9. The molecule has 0 spiro atoms. The SMILES string of the molecule is Cc1cc(C(=O)Nc2nc(C)c(S(N)(=O)=O)s2)ccc1Cl. The number of halogens is 1. The molecule has 1 aromatic carbocycles. The number of nitrogens with two attached hydrogens (primary N) is 1. The van der Waals surface area contributed by atoms with E-state index < -0.39 is 15.9 Å². The molecule has 0 aliphatic heterocycles. The Balaban J connectivity index is 2.26. The van der Waals surface area contributed by atoms with E-state index in [1.807, 2.05) is 0 Å². The van der Waals surface area contributed by atoms with Crippen molar-refractivity contribution >= 4 is 44.0 Å². The van der Waals surface area contributed by atoms with Crippen LogP contribution in [-0.2, 0) is 10.0 Å². The van der Waals surface area contributed by atoms with E-state index in [-0.39, 0.29) is 15.0 Å². The number of benzene rings is 1. The number of carbonyl (C=O) groups is 1. The van der Waals surface area contributed by atoms with E-state index in [9.17, 15) is 13.2 Å². The molecule has 0 aliphatic carbocycles. The van der Waals surface area contributed by atoms with Gasteiger partial charge >= 0.3 is 0 Å². The molecule has 0 fully saturated rings. The van der Waals surface area contributed by atoms with E-state index in [0.717, 1.165) is 16.9 Å². The summed E-state index contributed by atoms with van der Waals surface area (Å²) in [5, 5.41) is 8.35. The normalized spacial score (nSPS) is 11.4. The second kappa shape index (κ2) is 5.72. The number of aromatic nitrogens is 1. The zero-order chi connectivity index (χ0) is 15.8. The average molecular weight is 346 g/mol. The van der Waals surface area contributed by atoms with Crippen LogP contribution < -0.4 is 10.5 Å². The van der Waals surface area contributed by atoms with Crippen LogP contribution >= 0.6 is 22.9 Å². The smallest absolute Gasteiger partial charge is 0.257 e. The van der Waals surface area contributed by atoms with Crippen molar-refractivity contribution in [3.8, 4) is 0 Å². The Kier molecular flexibility index (Phi) is 4.33. The van der Waals surface area contributed by atoms with Gasteiger partial charge < -0.3 is 0 Å². The van der Waals surface area contributed by atoms with Crippen molar-refractivity contribution in [3.63, 3.8) is 0 Å². The lowest BCUT2D eigenvalue weighted by Gasteiger charge is -2.03. The number of anilines is 1. The second-order valence-corrected chi connectivity index (χ2v) is 7.52. The fourth-order valence-corrected chi connectivity index (χ4v) is 3.63. The third kappa shape index (κ3) is 3.59. The van der Waals surface area contributed by atoms with Crippen LogP contribution in [0.4, 0.5) is 5.13 Å². The monoisotopic (exact) mass is 345 g/mol. The van der Waals surface area contributed by atoms with E-state index in [1.165, 1.54) is 6.92 Å². The zero-order valence-electron chi connectivity index (χ0n) is 11.2. The van der Waals surface area contributed by atoms with Crippen LogP contribution in [0, 0.1) is 13.8 Å². The number of nitrogens with zero attached hydrogens (tertiary/aromatic N) is 1. The van der Waals surface area contributed by atoms with E-state index in [1.54, 1.807) is 25.1 Å². The van der Waals surface area contributed by atoms with E-state index in [0.29, 0.717) is 10.6 Å². The van der Waals surface area contributed by atoms with Crippen molar-refractivity contribution in [2.45, 2.75) is 18.1 Å². The Hall–Kier alpha value is -1.48. The summed E-state index contributed by atoms with van der Waals surface area (Å²) in [6.45, 7) is 3.30. The van der Waals surface area contributed by atoms with Gasteiger partial charge in [-0.2, -0.15) is 0 Å². The first-order chi connectivity index (χ1) is 9.68. The van der Waals surface area contributed by atoms with Crippen LogP contribution in [0.25, 0.3) is 0 Å². The van der Waals surface area contributed by atoms with Crippen molar-refractivity contribution in [1.82, 2.24) is 4.98 Å². The lowest BCUT2D eigenvalue weighted by molar-refractivity contribution is 0.102. The van der Waals surface area contributed by atoms with Gasteiger partial charge in [0.25, 0.3) is 5.91 Å². The van der Waals surface area contributed by atoms with E-state index in [2.05, 4.69) is 10.3 Å². The molecule has 1 heterocycles. The molecule has 0 radical (unpaired) electrons. The molecule has 0 saturated carbocycles. The summed E-state index contributed by atoms with van der Waals surface area (Å²) < 4.78 is 22.6. The van der Waals surface area contributed by atoms with Gasteiger partial charge in [0.1, 0.15) is 0 Å². The molecule has 21 heavy (non-hydrogen) atoms. The highest BCUT2D eigenvalue weighted by molar-refractivity contribution is 7.91. The number of hydrogen-bond donors (Lipinski definition) is 2. The maximum atomic E-state index is 12.1. The van der Waals surface area contributed by atoms with Gasteiger partial charge in [-0.3, -0.25) is 10.1 Å². The highest BCUT2D eigenvalue weighted by Crippen LogP contribution is 2.26. The summed E-state index contributed by atoms with van der Waals surface area (Å²) in [7, 11) is -3.84. The van der Waals surface area contributed by atoms with Crippen molar-refractivity contribution in [2.75, 3.05) is 5.32 Å². The number of thiazole rings is 1. The number of sulfonamides is 1. The molecule has 6 nitrogen and oxygen atoms in total. The molecule has 1 amide bonds. The first-order valence-electron chi connectivity index (χ1n) is 5.76. The van der Waals surface area contributed by atoms with Gasteiger partial charge in [-0.25, -0.2) is 18.5 Å². The van der Waals surface area contributed by atoms with Crippen LogP contribution in [-0.4, -0.2) is 19.3 Å². The lowest BCUT2D eigenvalue weighted by atomic mass is 10.1. The molecule has 0 aliphatic rings. The molecule has 9 heteroatoms. The largest absolute Gasteiger partial charge is 0.298 e. The Morgan fingerprint density at radius 3 is 2.57 bits per heavy atom. The maximum Gasteiger partial charge on any atom is 0.257 e. The Morgan fingerprint density at radius 1 is 1.38 bits per heavy atom. The van der Waals surface area contributed by atoms with Gasteiger partial charge in [-0.15, -0.1) is 0 Å². The minimum Gasteiger partial charge on any atom is -0.298 e. The predicted molar refractivity (Wildman–Crippen MR) is 82.4 cm³/mol. The summed E-state index contributed by atoms with van der Waals surface area (Å²) >= 11 is 6.71. The van der Waals surface area contributed by atoms with Crippen molar-refractivity contribution in [3.05, 3.63) is 40.0 Å². The van der Waals surface area contributed by atoms with Gasteiger partial charge in [0.05, 0.1) is 5.69 Å². The number of primary sulfonamides is 1. The zero-order valence-corrected chi connectivity index (χ0v) is 13.6. The summed E-state index contributed by atoms with van der Waals surface area (Å²) in [6, 6.07) is 4.83. The van der Waals surface area contributed by atoms with Gasteiger partial charge in [0.15, 0.2) is 9.34 Å². The fourth-order valence-electron chi connectivity index (χ4n) is 1.66. The topological polar surface area (TPSA) is 102 Å². The second-order valence-electron chi connectivity index (χ2n) is 4.35. The van der Waals surface area contributed by atoms with E-state index in [4.69, 9.17) is 16.7 Å². The molecule has 0 atom stereocenters. The van der Waals surface area contributed by atoms with Gasteiger partial charge in [-0.1, -0.05) is 22.9 Å². The van der Waals surface area contributed by atoms with Gasteiger partial charge in [-0.05, 0) is 37.6 Å². The molecule has 0 unspecified atom stereocenters. The molecular formula is C12H12ClN3O3S2. The van der Waals surface area contributed by atoms with Crippen LogP contribution in [0.3, 0.4) is 0 Å². The molecular weight excluding hydrogens is 334 g/mol. The molecule has 112 valence electrons. The number of rotatable bonds is 3. The van der Waals surface area contributed by atoms with Crippen molar-refractivity contribution in [1.29, 1.82) is 0 Å². The van der Waals surface area contributed by atoms with Gasteiger partial charge in [0, 0.05) is 10.6 Å². The third-order valence-corrected chi connectivity index (χ3v) is 5.70. The van der Waals surface area contributed by atoms with Crippen LogP contribution in [0.15, 0.2) is 22.4 Å². The number of carbonyl (C=O) groups excluding carboxylic acids is 1. The summed E-state index contributed by atoms with van der Waals surface area (Å²) in [5.74, 6) is -0.399.